The Hall–Kier alpha value is -2.03. The van der Waals surface area contributed by atoms with Gasteiger partial charge in [-0.2, -0.15) is 0 Å². The van der Waals surface area contributed by atoms with Gasteiger partial charge in [0.15, 0.2) is 6.10 Å². The molecule has 0 aromatic carbocycles. The summed E-state index contributed by atoms with van der Waals surface area (Å²) in [6.07, 6.45) is 41.3. The molecule has 0 aliphatic carbocycles. The van der Waals surface area contributed by atoms with E-state index in [0.29, 0.717) is 12.8 Å². The van der Waals surface area contributed by atoms with Crippen LogP contribution in [0.4, 0.5) is 0 Å². The van der Waals surface area contributed by atoms with Gasteiger partial charge in [-0.25, -0.2) is 0 Å². The van der Waals surface area contributed by atoms with Crippen LogP contribution in [-0.4, -0.2) is 44.4 Å². The molecule has 1 unspecified atom stereocenters. The quantitative estimate of drug-likeness (QED) is 0.0288. The minimum atomic E-state index is -4.59. The maximum absolute atomic E-state index is 12.5. The summed E-state index contributed by atoms with van der Waals surface area (Å²) in [6, 6.07) is 0. The van der Waals surface area contributed by atoms with Crippen molar-refractivity contribution >= 4 is 19.8 Å². The van der Waals surface area contributed by atoms with Gasteiger partial charge in [-0.3, -0.25) is 14.2 Å². The molecule has 2 atom stereocenters. The zero-order valence-corrected chi connectivity index (χ0v) is 33.3. The van der Waals surface area contributed by atoms with Gasteiger partial charge in [0, 0.05) is 12.8 Å². The molecule has 0 bridgehead atoms. The number of unbranched alkanes of at least 4 members (excludes halogenated alkanes) is 16. The van der Waals surface area contributed by atoms with E-state index in [1.54, 1.807) is 0 Å². The van der Waals surface area contributed by atoms with E-state index in [4.69, 9.17) is 18.5 Å². The normalized spacial score (nSPS) is 13.9. The number of hydrogen-bond acceptors (Lipinski definition) is 8. The Morgan fingerprint density at radius 3 is 1.63 bits per heavy atom. The Kier molecular flexibility index (Phi) is 36.2. The molecule has 0 aromatic rings. The van der Waals surface area contributed by atoms with Gasteiger partial charge in [-0.1, -0.05) is 133 Å². The van der Waals surface area contributed by atoms with E-state index in [1.165, 1.54) is 44.9 Å². The van der Waals surface area contributed by atoms with Crippen LogP contribution in [0, 0.1) is 0 Å². The van der Waals surface area contributed by atoms with Crippen molar-refractivity contribution in [1.82, 2.24) is 0 Å². The number of esters is 2. The van der Waals surface area contributed by atoms with Gasteiger partial charge in [0.2, 0.25) is 0 Å². The third kappa shape index (κ3) is 37.5. The highest BCUT2D eigenvalue weighted by molar-refractivity contribution is 7.45. The van der Waals surface area contributed by atoms with Crippen LogP contribution >= 0.6 is 7.82 Å². The third-order valence-corrected chi connectivity index (χ3v) is 9.18. The van der Waals surface area contributed by atoms with Crippen LogP contribution in [-0.2, 0) is 32.7 Å². The first-order chi connectivity index (χ1) is 24.8. The highest BCUT2D eigenvalue weighted by atomic mass is 31.2. The summed E-state index contributed by atoms with van der Waals surface area (Å²) in [5.74, 6) is -0.879. The average molecular weight is 740 g/mol. The van der Waals surface area contributed by atoms with Crippen molar-refractivity contribution in [2.75, 3.05) is 26.4 Å². The van der Waals surface area contributed by atoms with E-state index in [2.05, 4.69) is 68.2 Å². The van der Waals surface area contributed by atoms with Gasteiger partial charge in [-0.05, 0) is 70.6 Å². The highest BCUT2D eigenvalue weighted by Gasteiger charge is 2.21. The zero-order chi connectivity index (χ0) is 37.5. The van der Waals surface area contributed by atoms with Crippen molar-refractivity contribution in [3.8, 4) is 0 Å². The molecule has 0 saturated carbocycles. The number of ether oxygens (including phenoxy) is 2. The molecule has 0 amide bonds. The lowest BCUT2D eigenvalue weighted by atomic mass is 10.1. The summed E-state index contributed by atoms with van der Waals surface area (Å²) in [4.78, 5) is 36.9. The molecule has 9 nitrogen and oxygen atoms in total. The lowest BCUT2D eigenvalue weighted by Gasteiger charge is -2.25. The molecule has 296 valence electrons. The van der Waals surface area contributed by atoms with Crippen LogP contribution in [0.5, 0.6) is 0 Å². The van der Waals surface area contributed by atoms with Crippen LogP contribution in [0.25, 0.3) is 0 Å². The molecule has 0 aliphatic rings. The average Bonchev–Trinajstić information content (AvgIpc) is 3.11. The van der Waals surface area contributed by atoms with Crippen molar-refractivity contribution < 1.29 is 43.3 Å². The monoisotopic (exact) mass is 740 g/mol. The van der Waals surface area contributed by atoms with E-state index in [9.17, 15) is 19.0 Å². The van der Waals surface area contributed by atoms with Gasteiger partial charge in [-0.15, -0.1) is 0 Å². The number of carbonyl (C=O) groups is 2. The summed E-state index contributed by atoms with van der Waals surface area (Å²) >= 11 is 0. The van der Waals surface area contributed by atoms with Crippen molar-refractivity contribution in [1.29, 1.82) is 0 Å². The molecule has 0 aliphatic heterocycles. The molecule has 0 spiro atoms. The predicted octanol–water partition coefficient (Wildman–Crippen LogP) is 9.81. The molecule has 10 heteroatoms. The first-order valence-electron chi connectivity index (χ1n) is 20.2. The Morgan fingerprint density at radius 2 is 1.08 bits per heavy atom. The van der Waals surface area contributed by atoms with Gasteiger partial charge >= 0.3 is 11.9 Å². The molecule has 0 aromatic heterocycles. The van der Waals surface area contributed by atoms with Gasteiger partial charge < -0.3 is 29.1 Å². The van der Waals surface area contributed by atoms with Crippen LogP contribution in [0.2, 0.25) is 0 Å². The zero-order valence-electron chi connectivity index (χ0n) is 32.4. The molecular weight excluding hydrogens is 665 g/mol. The maximum atomic E-state index is 12.5. The van der Waals surface area contributed by atoms with Crippen molar-refractivity contribution in [2.24, 2.45) is 0 Å². The van der Waals surface area contributed by atoms with Crippen LogP contribution in [0.15, 0.2) is 48.6 Å². The summed E-state index contributed by atoms with van der Waals surface area (Å²) in [5, 5.41) is 0. The number of carbonyl (C=O) groups excluding carboxylic acids is 2. The van der Waals surface area contributed by atoms with E-state index < -0.39 is 32.5 Å². The standard InChI is InChI=1S/C41H74NO8P/c1-3-5-7-9-11-13-15-17-19-21-23-25-27-29-31-33-40(43)47-37-39(38-49-51(45,46)48-36-35-42)50-41(44)34-32-30-28-26-24-22-20-18-16-14-12-10-8-6-4-2/h6,8,12,14,17-20,39H,3-5,7,9-11,13,15-16,21-38,42H2,1-2H3,(H,45,46)/b8-6-,14-12-,19-17-,20-18-/t39-/m1/s1. The Bertz CT molecular complexity index is 981. The largest absolute Gasteiger partial charge is 0.756 e. The number of rotatable bonds is 37. The number of phosphoric ester groups is 1. The Morgan fingerprint density at radius 1 is 0.608 bits per heavy atom. The molecule has 0 radical (unpaired) electrons. The topological polar surface area (TPSA) is 139 Å². The van der Waals surface area contributed by atoms with Crippen LogP contribution in [0.3, 0.4) is 0 Å². The third-order valence-electron chi connectivity index (χ3n) is 8.22. The minimum absolute atomic E-state index is 0.110. The Labute approximate surface area is 311 Å². The summed E-state index contributed by atoms with van der Waals surface area (Å²) in [5.41, 5.74) is 3.54. The highest BCUT2D eigenvalue weighted by Crippen LogP contribution is 2.38. The fourth-order valence-corrected chi connectivity index (χ4v) is 6.01. The van der Waals surface area contributed by atoms with Gasteiger partial charge in [0.05, 0.1) is 13.2 Å². The molecule has 0 rings (SSSR count). The number of phosphoric acid groups is 1. The van der Waals surface area contributed by atoms with Crippen LogP contribution in [0.1, 0.15) is 168 Å². The maximum Gasteiger partial charge on any atom is 0.306 e. The predicted molar refractivity (Wildman–Crippen MR) is 207 cm³/mol. The summed E-state index contributed by atoms with van der Waals surface area (Å²) < 4.78 is 32.4. The van der Waals surface area contributed by atoms with E-state index in [0.717, 1.165) is 83.5 Å². The van der Waals surface area contributed by atoms with E-state index >= 15 is 0 Å². The van der Waals surface area contributed by atoms with Gasteiger partial charge in [0.25, 0.3) is 7.82 Å². The number of hydrogen-bond donors (Lipinski definition) is 1. The molecule has 0 heterocycles. The number of quaternary nitrogens is 1. The molecule has 0 fully saturated rings. The Balaban J connectivity index is 4.24. The minimum Gasteiger partial charge on any atom is -0.756 e. The first kappa shape index (κ1) is 49.0. The van der Waals surface area contributed by atoms with Gasteiger partial charge in [0.1, 0.15) is 13.2 Å². The molecule has 3 N–H and O–H groups in total. The molecule has 51 heavy (non-hydrogen) atoms. The first-order valence-corrected chi connectivity index (χ1v) is 21.6. The molecular formula is C41H74NO8P. The fraction of sp³-hybridized carbons (Fsp3) is 0.756. The second-order valence-electron chi connectivity index (χ2n) is 13.2. The lowest BCUT2D eigenvalue weighted by molar-refractivity contribution is -0.373. The lowest BCUT2D eigenvalue weighted by Crippen LogP contribution is -2.52. The second-order valence-corrected chi connectivity index (χ2v) is 14.6. The van der Waals surface area contributed by atoms with Crippen molar-refractivity contribution in [3.63, 3.8) is 0 Å². The van der Waals surface area contributed by atoms with Crippen molar-refractivity contribution in [2.45, 2.75) is 174 Å². The van der Waals surface area contributed by atoms with Crippen LogP contribution < -0.4 is 10.6 Å². The summed E-state index contributed by atoms with van der Waals surface area (Å²) in [7, 11) is -4.59. The fourth-order valence-electron chi connectivity index (χ4n) is 5.24. The second kappa shape index (κ2) is 37.7. The molecule has 0 saturated heterocycles. The summed E-state index contributed by atoms with van der Waals surface area (Å²) in [6.45, 7) is 3.77. The SMILES string of the molecule is CC/C=C\C/C=C\C/C=C\CCCCCCCC(=O)O[C@H](COC(=O)CCCCCCC/C=C\CCCCCCCC)COP(=O)([O-])OCC[NH3+]. The smallest absolute Gasteiger partial charge is 0.306 e. The van der Waals surface area contributed by atoms with E-state index in [-0.39, 0.29) is 32.6 Å². The van der Waals surface area contributed by atoms with Crippen molar-refractivity contribution in [3.05, 3.63) is 48.6 Å². The number of allylic oxidation sites excluding steroid dienone is 8. The van der Waals surface area contributed by atoms with E-state index in [1.807, 2.05) is 0 Å².